The van der Waals surface area contributed by atoms with Crippen LogP contribution in [0.15, 0.2) is 60.8 Å². The standard InChI is InChI=1S/C21H17Cl2N3/c1-13-6-5-7-14(2)19(13)25-21-20(16-8-3-4-9-17(16)23)24-18-11-10-15(22)12-26(18)21/h3-12,25H,1-2H3. The third-order valence-corrected chi connectivity index (χ3v) is 4.99. The summed E-state index contributed by atoms with van der Waals surface area (Å²) in [6.45, 7) is 4.17. The van der Waals surface area contributed by atoms with Crippen molar-refractivity contribution in [2.24, 2.45) is 0 Å². The molecule has 0 aliphatic carbocycles. The maximum atomic E-state index is 6.45. The molecule has 2 aromatic carbocycles. The number of nitrogens with one attached hydrogen (secondary N) is 1. The molecule has 4 rings (SSSR count). The number of imidazole rings is 1. The van der Waals surface area contributed by atoms with Crippen molar-refractivity contribution in [3.05, 3.63) is 82.0 Å². The molecule has 0 aliphatic rings. The minimum Gasteiger partial charge on any atom is -0.339 e. The molecule has 0 radical (unpaired) electrons. The molecule has 0 bridgehead atoms. The van der Waals surface area contributed by atoms with Gasteiger partial charge in [0.15, 0.2) is 0 Å². The Morgan fingerprint density at radius 3 is 2.35 bits per heavy atom. The minimum atomic E-state index is 0.644. The number of halogens is 2. The Bertz CT molecular complexity index is 1100. The van der Waals surface area contributed by atoms with Gasteiger partial charge < -0.3 is 5.32 Å². The van der Waals surface area contributed by atoms with Gasteiger partial charge in [0.1, 0.15) is 17.2 Å². The Kier molecular flexibility index (Phi) is 4.35. The van der Waals surface area contributed by atoms with E-state index in [-0.39, 0.29) is 0 Å². The quantitative estimate of drug-likeness (QED) is 0.429. The maximum absolute atomic E-state index is 6.45. The fourth-order valence-electron chi connectivity index (χ4n) is 3.11. The van der Waals surface area contributed by atoms with Crippen LogP contribution in [0.3, 0.4) is 0 Å². The summed E-state index contributed by atoms with van der Waals surface area (Å²) in [6, 6.07) is 17.7. The van der Waals surface area contributed by atoms with E-state index in [0.29, 0.717) is 10.0 Å². The molecular formula is C21H17Cl2N3. The zero-order valence-electron chi connectivity index (χ0n) is 14.4. The van der Waals surface area contributed by atoms with E-state index in [4.69, 9.17) is 28.2 Å². The molecule has 5 heteroatoms. The summed E-state index contributed by atoms with van der Waals surface area (Å²) in [4.78, 5) is 4.80. The van der Waals surface area contributed by atoms with Gasteiger partial charge in [-0.25, -0.2) is 4.98 Å². The molecule has 0 unspecified atom stereocenters. The lowest BCUT2D eigenvalue weighted by Gasteiger charge is -2.14. The van der Waals surface area contributed by atoms with Crippen molar-refractivity contribution >= 4 is 40.4 Å². The second-order valence-electron chi connectivity index (χ2n) is 6.26. The summed E-state index contributed by atoms with van der Waals surface area (Å²) < 4.78 is 1.97. The van der Waals surface area contributed by atoms with Gasteiger partial charge in [-0.2, -0.15) is 0 Å². The third-order valence-electron chi connectivity index (χ3n) is 4.44. The average Bonchev–Trinajstić information content (AvgIpc) is 2.96. The van der Waals surface area contributed by atoms with Crippen molar-refractivity contribution in [1.82, 2.24) is 9.38 Å². The minimum absolute atomic E-state index is 0.644. The largest absolute Gasteiger partial charge is 0.339 e. The molecule has 0 amide bonds. The number of hydrogen-bond donors (Lipinski definition) is 1. The van der Waals surface area contributed by atoms with E-state index < -0.39 is 0 Å². The van der Waals surface area contributed by atoms with Gasteiger partial charge >= 0.3 is 0 Å². The lowest BCUT2D eigenvalue weighted by atomic mass is 10.1. The van der Waals surface area contributed by atoms with E-state index in [0.717, 1.165) is 39.5 Å². The summed E-state index contributed by atoms with van der Waals surface area (Å²) in [5.74, 6) is 0.841. The van der Waals surface area contributed by atoms with Gasteiger partial charge in [0.05, 0.1) is 10.0 Å². The molecular weight excluding hydrogens is 365 g/mol. The zero-order chi connectivity index (χ0) is 18.3. The van der Waals surface area contributed by atoms with Crippen molar-refractivity contribution in [1.29, 1.82) is 0 Å². The van der Waals surface area contributed by atoms with Crippen molar-refractivity contribution in [3.8, 4) is 11.3 Å². The lowest BCUT2D eigenvalue weighted by molar-refractivity contribution is 1.18. The van der Waals surface area contributed by atoms with Crippen LogP contribution in [0.25, 0.3) is 16.9 Å². The summed E-state index contributed by atoms with van der Waals surface area (Å²) >= 11 is 12.7. The van der Waals surface area contributed by atoms with Crippen LogP contribution >= 0.6 is 23.2 Å². The van der Waals surface area contributed by atoms with Gasteiger partial charge in [-0.05, 0) is 43.2 Å². The number of rotatable bonds is 3. The molecule has 2 aromatic heterocycles. The van der Waals surface area contributed by atoms with E-state index in [2.05, 4.69) is 37.4 Å². The van der Waals surface area contributed by atoms with Crippen LogP contribution in [0.1, 0.15) is 11.1 Å². The van der Waals surface area contributed by atoms with Crippen LogP contribution < -0.4 is 5.32 Å². The molecule has 4 aromatic rings. The SMILES string of the molecule is Cc1cccc(C)c1Nc1c(-c2ccccc2Cl)nc2ccc(Cl)cn12. The summed E-state index contributed by atoms with van der Waals surface area (Å²) in [7, 11) is 0. The smallest absolute Gasteiger partial charge is 0.143 e. The maximum Gasteiger partial charge on any atom is 0.143 e. The topological polar surface area (TPSA) is 29.3 Å². The van der Waals surface area contributed by atoms with Crippen LogP contribution in [0.4, 0.5) is 11.5 Å². The second-order valence-corrected chi connectivity index (χ2v) is 7.10. The van der Waals surface area contributed by atoms with Crippen molar-refractivity contribution in [2.75, 3.05) is 5.32 Å². The van der Waals surface area contributed by atoms with Crippen molar-refractivity contribution < 1.29 is 0 Å². The van der Waals surface area contributed by atoms with Gasteiger partial charge in [-0.3, -0.25) is 4.40 Å². The first-order chi connectivity index (χ1) is 12.5. The number of nitrogens with zero attached hydrogens (tertiary/aromatic N) is 2. The first kappa shape index (κ1) is 17.0. The Labute approximate surface area is 162 Å². The van der Waals surface area contributed by atoms with Gasteiger partial charge in [-0.15, -0.1) is 0 Å². The highest BCUT2D eigenvalue weighted by Gasteiger charge is 2.18. The fourth-order valence-corrected chi connectivity index (χ4v) is 3.50. The average molecular weight is 382 g/mol. The Balaban J connectivity index is 1.98. The van der Waals surface area contributed by atoms with Crippen LogP contribution in [-0.4, -0.2) is 9.38 Å². The highest BCUT2D eigenvalue weighted by molar-refractivity contribution is 6.33. The van der Waals surface area contributed by atoms with Gasteiger partial charge in [0, 0.05) is 17.4 Å². The predicted octanol–water partition coefficient (Wildman–Crippen LogP) is 6.67. The zero-order valence-corrected chi connectivity index (χ0v) is 15.9. The number of aryl methyl sites for hydroxylation is 2. The monoisotopic (exact) mass is 381 g/mol. The number of para-hydroxylation sites is 1. The van der Waals surface area contributed by atoms with Crippen LogP contribution in [-0.2, 0) is 0 Å². The first-order valence-electron chi connectivity index (χ1n) is 8.30. The molecule has 2 heterocycles. The summed E-state index contributed by atoms with van der Waals surface area (Å²) in [6.07, 6.45) is 1.86. The molecule has 0 spiro atoms. The predicted molar refractivity (Wildman–Crippen MR) is 110 cm³/mol. The molecule has 1 N–H and O–H groups in total. The van der Waals surface area contributed by atoms with Crippen LogP contribution in [0, 0.1) is 13.8 Å². The normalized spacial score (nSPS) is 11.1. The molecule has 0 atom stereocenters. The first-order valence-corrected chi connectivity index (χ1v) is 9.06. The fraction of sp³-hybridized carbons (Fsp3) is 0.0952. The van der Waals surface area contributed by atoms with E-state index in [9.17, 15) is 0 Å². The van der Waals surface area contributed by atoms with E-state index in [1.807, 2.05) is 47.0 Å². The summed E-state index contributed by atoms with van der Waals surface area (Å²) in [5.41, 5.74) is 5.85. The lowest BCUT2D eigenvalue weighted by Crippen LogP contribution is -2.00. The summed E-state index contributed by atoms with van der Waals surface area (Å²) in [5, 5.41) is 4.87. The number of anilines is 2. The highest BCUT2D eigenvalue weighted by atomic mass is 35.5. The van der Waals surface area contributed by atoms with Gasteiger partial charge in [0.2, 0.25) is 0 Å². The van der Waals surface area contributed by atoms with Crippen LogP contribution in [0.2, 0.25) is 10.0 Å². The number of hydrogen-bond acceptors (Lipinski definition) is 2. The van der Waals surface area contributed by atoms with Gasteiger partial charge in [0.25, 0.3) is 0 Å². The molecule has 26 heavy (non-hydrogen) atoms. The van der Waals surface area contributed by atoms with Gasteiger partial charge in [-0.1, -0.05) is 59.6 Å². The number of fused-ring (bicyclic) bond motifs is 1. The van der Waals surface area contributed by atoms with Crippen LogP contribution in [0.5, 0.6) is 0 Å². The Hall–Kier alpha value is -2.49. The highest BCUT2D eigenvalue weighted by Crippen LogP contribution is 2.36. The number of pyridine rings is 1. The van der Waals surface area contributed by atoms with E-state index in [1.54, 1.807) is 0 Å². The van der Waals surface area contributed by atoms with Crippen molar-refractivity contribution in [2.45, 2.75) is 13.8 Å². The number of benzene rings is 2. The molecule has 0 saturated heterocycles. The second kappa shape index (κ2) is 6.67. The van der Waals surface area contributed by atoms with E-state index >= 15 is 0 Å². The Morgan fingerprint density at radius 2 is 1.62 bits per heavy atom. The third kappa shape index (κ3) is 2.94. The Morgan fingerprint density at radius 1 is 0.885 bits per heavy atom. The molecule has 130 valence electrons. The molecule has 0 aliphatic heterocycles. The number of aromatic nitrogens is 2. The molecule has 0 saturated carbocycles. The van der Waals surface area contributed by atoms with Crippen molar-refractivity contribution in [3.63, 3.8) is 0 Å². The molecule has 0 fully saturated rings. The van der Waals surface area contributed by atoms with E-state index in [1.165, 1.54) is 0 Å². The molecule has 3 nitrogen and oxygen atoms in total.